The molecule has 114 valence electrons. The van der Waals surface area contributed by atoms with E-state index < -0.39 is 0 Å². The van der Waals surface area contributed by atoms with Gasteiger partial charge in [0.15, 0.2) is 0 Å². The summed E-state index contributed by atoms with van der Waals surface area (Å²) < 4.78 is 0. The first-order valence-electron chi connectivity index (χ1n) is 8.52. The Labute approximate surface area is 127 Å². The first-order valence-corrected chi connectivity index (χ1v) is 8.52. The van der Waals surface area contributed by atoms with E-state index in [0.29, 0.717) is 11.7 Å². The number of aliphatic imine (C=N–C) groups is 1. The first-order chi connectivity index (χ1) is 10.3. The summed E-state index contributed by atoms with van der Waals surface area (Å²) in [5.41, 5.74) is 0.602. The highest BCUT2D eigenvalue weighted by Crippen LogP contribution is 2.39. The van der Waals surface area contributed by atoms with Crippen molar-refractivity contribution < 1.29 is 5.11 Å². The molecule has 0 bridgehead atoms. The van der Waals surface area contributed by atoms with Gasteiger partial charge >= 0.3 is 0 Å². The van der Waals surface area contributed by atoms with Crippen molar-refractivity contribution in [3.05, 3.63) is 24.0 Å². The van der Waals surface area contributed by atoms with Crippen LogP contribution in [0.25, 0.3) is 0 Å². The Balaban J connectivity index is 1.70. The molecule has 3 heteroatoms. The van der Waals surface area contributed by atoms with Crippen molar-refractivity contribution >= 4 is 6.21 Å². The minimum absolute atomic E-state index is 0.228. The van der Waals surface area contributed by atoms with E-state index in [1.807, 2.05) is 0 Å². The molecule has 0 aromatic carbocycles. The molecule has 2 aliphatic rings. The van der Waals surface area contributed by atoms with Crippen LogP contribution in [-0.2, 0) is 0 Å². The second-order valence-electron chi connectivity index (χ2n) is 6.60. The van der Waals surface area contributed by atoms with E-state index in [1.54, 1.807) is 24.5 Å². The molecule has 2 fully saturated rings. The molecule has 2 saturated carbocycles. The maximum atomic E-state index is 9.80. The fourth-order valence-corrected chi connectivity index (χ4v) is 4.11. The molecule has 3 rings (SSSR count). The van der Waals surface area contributed by atoms with E-state index in [-0.39, 0.29) is 5.75 Å². The van der Waals surface area contributed by atoms with Crippen molar-refractivity contribution in [1.29, 1.82) is 0 Å². The number of aromatic nitrogens is 1. The predicted molar refractivity (Wildman–Crippen MR) is 85.8 cm³/mol. The third kappa shape index (κ3) is 3.63. The van der Waals surface area contributed by atoms with Gasteiger partial charge in [0, 0.05) is 6.20 Å². The topological polar surface area (TPSA) is 45.5 Å². The first kappa shape index (κ1) is 14.6. The Hall–Kier alpha value is -1.38. The minimum atomic E-state index is 0.228. The summed E-state index contributed by atoms with van der Waals surface area (Å²) in [5.74, 6) is 1.85. The van der Waals surface area contributed by atoms with Gasteiger partial charge in [-0.3, -0.25) is 9.98 Å². The summed E-state index contributed by atoms with van der Waals surface area (Å²) in [6.45, 7) is 0. The zero-order valence-electron chi connectivity index (χ0n) is 12.7. The van der Waals surface area contributed by atoms with Gasteiger partial charge in [0.1, 0.15) is 11.4 Å². The quantitative estimate of drug-likeness (QED) is 0.840. The zero-order chi connectivity index (χ0) is 14.5. The highest BCUT2D eigenvalue weighted by Gasteiger charge is 2.31. The summed E-state index contributed by atoms with van der Waals surface area (Å²) in [6.07, 6.45) is 15.7. The molecule has 0 spiro atoms. The van der Waals surface area contributed by atoms with Crippen molar-refractivity contribution in [2.45, 2.75) is 63.8 Å². The van der Waals surface area contributed by atoms with E-state index in [9.17, 15) is 5.11 Å². The van der Waals surface area contributed by atoms with Crippen LogP contribution in [0.2, 0.25) is 0 Å². The summed E-state index contributed by atoms with van der Waals surface area (Å²) in [6, 6.07) is 3.86. The number of hydrogen-bond donors (Lipinski definition) is 1. The van der Waals surface area contributed by atoms with Crippen molar-refractivity contribution in [2.75, 3.05) is 0 Å². The highest BCUT2D eigenvalue weighted by atomic mass is 16.3. The minimum Gasteiger partial charge on any atom is -0.506 e. The largest absolute Gasteiger partial charge is 0.506 e. The molecule has 21 heavy (non-hydrogen) atoms. The lowest BCUT2D eigenvalue weighted by Gasteiger charge is -2.37. The summed E-state index contributed by atoms with van der Waals surface area (Å²) >= 11 is 0. The van der Waals surface area contributed by atoms with E-state index >= 15 is 0 Å². The van der Waals surface area contributed by atoms with E-state index in [0.717, 1.165) is 11.8 Å². The Kier molecular flexibility index (Phi) is 4.89. The molecule has 0 saturated heterocycles. The molecule has 2 aliphatic carbocycles. The van der Waals surface area contributed by atoms with Crippen molar-refractivity contribution in [1.82, 2.24) is 4.98 Å². The second-order valence-corrected chi connectivity index (χ2v) is 6.60. The van der Waals surface area contributed by atoms with Crippen LogP contribution in [-0.4, -0.2) is 22.3 Å². The lowest BCUT2D eigenvalue weighted by Crippen LogP contribution is -2.31. The lowest BCUT2D eigenvalue weighted by molar-refractivity contribution is 0.173. The number of pyridine rings is 1. The maximum absolute atomic E-state index is 9.80. The van der Waals surface area contributed by atoms with Crippen LogP contribution in [0, 0.1) is 11.8 Å². The molecule has 2 unspecified atom stereocenters. The Morgan fingerprint density at radius 1 is 1.05 bits per heavy atom. The Bertz CT molecular complexity index is 480. The molecular formula is C18H26N2O. The van der Waals surface area contributed by atoms with Crippen molar-refractivity contribution in [2.24, 2.45) is 16.8 Å². The van der Waals surface area contributed by atoms with E-state index in [2.05, 4.69) is 4.98 Å². The van der Waals surface area contributed by atoms with Crippen LogP contribution >= 0.6 is 0 Å². The van der Waals surface area contributed by atoms with Gasteiger partial charge in [0.05, 0.1) is 12.3 Å². The smallest absolute Gasteiger partial charge is 0.142 e. The molecule has 2 atom stereocenters. The fourth-order valence-electron chi connectivity index (χ4n) is 4.11. The van der Waals surface area contributed by atoms with Crippen LogP contribution < -0.4 is 0 Å². The van der Waals surface area contributed by atoms with Crippen LogP contribution in [0.4, 0.5) is 0 Å². The van der Waals surface area contributed by atoms with Crippen LogP contribution in [0.15, 0.2) is 23.3 Å². The Morgan fingerprint density at radius 2 is 1.81 bits per heavy atom. The highest BCUT2D eigenvalue weighted by molar-refractivity contribution is 5.80. The van der Waals surface area contributed by atoms with Gasteiger partial charge < -0.3 is 5.11 Å². The zero-order valence-corrected chi connectivity index (χ0v) is 12.7. The SMILES string of the molecule is Oc1cccnc1C=NC1CCCCC1C1CCCCC1. The fraction of sp³-hybridized carbons (Fsp3) is 0.667. The van der Waals surface area contributed by atoms with Gasteiger partial charge in [-0.05, 0) is 36.8 Å². The summed E-state index contributed by atoms with van der Waals surface area (Å²) in [4.78, 5) is 9.02. The van der Waals surface area contributed by atoms with Gasteiger partial charge in [-0.2, -0.15) is 0 Å². The van der Waals surface area contributed by atoms with Crippen LogP contribution in [0.1, 0.15) is 63.5 Å². The number of rotatable bonds is 3. The predicted octanol–water partition coefficient (Wildman–Crippen LogP) is 4.35. The molecule has 3 nitrogen and oxygen atoms in total. The third-order valence-electron chi connectivity index (χ3n) is 5.24. The molecule has 1 aromatic rings. The van der Waals surface area contributed by atoms with Gasteiger partial charge in [-0.1, -0.05) is 44.9 Å². The average Bonchev–Trinajstić information content (AvgIpc) is 2.55. The third-order valence-corrected chi connectivity index (χ3v) is 5.24. The standard InChI is InChI=1S/C18H26N2O/c21-18-11-6-12-19-17(18)13-20-16-10-5-4-9-15(16)14-7-2-1-3-8-14/h6,11-16,21H,1-5,7-10H2. The van der Waals surface area contributed by atoms with Crippen LogP contribution in [0.3, 0.4) is 0 Å². The molecular weight excluding hydrogens is 260 g/mol. The van der Waals surface area contributed by atoms with Crippen molar-refractivity contribution in [3.63, 3.8) is 0 Å². The molecule has 0 amide bonds. The van der Waals surface area contributed by atoms with Gasteiger partial charge in [0.25, 0.3) is 0 Å². The van der Waals surface area contributed by atoms with Crippen molar-refractivity contribution in [3.8, 4) is 5.75 Å². The maximum Gasteiger partial charge on any atom is 0.142 e. The molecule has 0 radical (unpaired) electrons. The number of aromatic hydroxyl groups is 1. The lowest BCUT2D eigenvalue weighted by atomic mass is 9.71. The van der Waals surface area contributed by atoms with E-state index in [4.69, 9.17) is 4.99 Å². The summed E-state index contributed by atoms with van der Waals surface area (Å²) in [5, 5.41) is 9.80. The summed E-state index contributed by atoms with van der Waals surface area (Å²) in [7, 11) is 0. The van der Waals surface area contributed by atoms with Gasteiger partial charge in [0.2, 0.25) is 0 Å². The monoisotopic (exact) mass is 286 g/mol. The Morgan fingerprint density at radius 3 is 2.62 bits per heavy atom. The van der Waals surface area contributed by atoms with E-state index in [1.165, 1.54) is 57.8 Å². The molecule has 1 aromatic heterocycles. The molecule has 1 heterocycles. The molecule has 1 N–H and O–H groups in total. The molecule has 0 aliphatic heterocycles. The average molecular weight is 286 g/mol. The number of nitrogens with zero attached hydrogens (tertiary/aromatic N) is 2. The van der Waals surface area contributed by atoms with Crippen LogP contribution in [0.5, 0.6) is 5.75 Å². The second kappa shape index (κ2) is 7.06. The number of hydrogen-bond acceptors (Lipinski definition) is 3. The normalized spacial score (nSPS) is 28.0. The van der Waals surface area contributed by atoms with Gasteiger partial charge in [-0.15, -0.1) is 0 Å². The van der Waals surface area contributed by atoms with Gasteiger partial charge in [-0.25, -0.2) is 0 Å².